The van der Waals surface area contributed by atoms with Gasteiger partial charge in [-0.15, -0.1) is 0 Å². The second-order valence-electron chi connectivity index (χ2n) is 3.71. The molecule has 0 spiro atoms. The molecule has 0 aliphatic rings. The third-order valence-electron chi connectivity index (χ3n) is 2.39. The molecule has 0 aromatic heterocycles. The molecule has 94 valence electrons. The Hall–Kier alpha value is -1.26. The van der Waals surface area contributed by atoms with Gasteiger partial charge in [0.15, 0.2) is 0 Å². The van der Waals surface area contributed by atoms with E-state index in [-0.39, 0.29) is 12.4 Å². The Labute approximate surface area is 118 Å². The number of nitrogens with two attached hydrogens (primary N) is 1. The molecule has 0 unspecified atom stereocenters. The van der Waals surface area contributed by atoms with Crippen molar-refractivity contribution in [3.8, 4) is 5.75 Å². The van der Waals surface area contributed by atoms with Crippen LogP contribution in [0.15, 0.2) is 40.9 Å². The molecule has 0 atom stereocenters. The molecule has 2 nitrogen and oxygen atoms in total. The van der Waals surface area contributed by atoms with Gasteiger partial charge in [-0.1, -0.05) is 33.6 Å². The summed E-state index contributed by atoms with van der Waals surface area (Å²) in [6.45, 7) is 0.244. The Morgan fingerprint density at radius 3 is 2.67 bits per heavy atom. The van der Waals surface area contributed by atoms with E-state index in [4.69, 9.17) is 22.1 Å². The second kappa shape index (κ2) is 5.59. The predicted molar refractivity (Wildman–Crippen MR) is 74.3 cm³/mol. The third-order valence-corrected chi connectivity index (χ3v) is 3.17. The van der Waals surface area contributed by atoms with Crippen molar-refractivity contribution >= 4 is 33.2 Å². The Morgan fingerprint density at radius 1 is 1.22 bits per heavy atom. The van der Waals surface area contributed by atoms with Crippen LogP contribution >= 0.6 is 27.5 Å². The monoisotopic (exact) mass is 329 g/mol. The van der Waals surface area contributed by atoms with Crippen LogP contribution in [0.2, 0.25) is 5.02 Å². The number of rotatable bonds is 3. The fourth-order valence-corrected chi connectivity index (χ4v) is 2.17. The lowest BCUT2D eigenvalue weighted by molar-refractivity contribution is 0.307. The highest BCUT2D eigenvalue weighted by Crippen LogP contribution is 2.28. The number of hydrogen-bond donors (Lipinski definition) is 1. The highest BCUT2D eigenvalue weighted by Gasteiger charge is 2.05. The zero-order chi connectivity index (χ0) is 13.1. The van der Waals surface area contributed by atoms with Crippen molar-refractivity contribution in [2.24, 2.45) is 0 Å². The van der Waals surface area contributed by atoms with E-state index in [2.05, 4.69) is 15.9 Å². The molecule has 2 aromatic rings. The predicted octanol–water partition coefficient (Wildman–Crippen LogP) is 4.40. The van der Waals surface area contributed by atoms with Crippen LogP contribution in [0.5, 0.6) is 5.75 Å². The first-order chi connectivity index (χ1) is 8.56. The van der Waals surface area contributed by atoms with Crippen LogP contribution in [0.1, 0.15) is 5.56 Å². The van der Waals surface area contributed by atoms with E-state index in [1.807, 2.05) is 6.07 Å². The van der Waals surface area contributed by atoms with E-state index in [0.29, 0.717) is 16.5 Å². The zero-order valence-corrected chi connectivity index (χ0v) is 11.6. The lowest BCUT2D eigenvalue weighted by Gasteiger charge is -2.10. The van der Waals surface area contributed by atoms with Gasteiger partial charge in [0, 0.05) is 15.7 Å². The molecule has 2 N–H and O–H groups in total. The summed E-state index contributed by atoms with van der Waals surface area (Å²) in [5.41, 5.74) is 6.77. The quantitative estimate of drug-likeness (QED) is 0.846. The van der Waals surface area contributed by atoms with Crippen molar-refractivity contribution in [3.05, 3.63) is 57.3 Å². The Morgan fingerprint density at radius 2 is 2.00 bits per heavy atom. The molecule has 0 fully saturated rings. The largest absolute Gasteiger partial charge is 0.487 e. The van der Waals surface area contributed by atoms with E-state index in [1.165, 1.54) is 12.1 Å². The van der Waals surface area contributed by atoms with Gasteiger partial charge in [-0.3, -0.25) is 0 Å². The lowest BCUT2D eigenvalue weighted by atomic mass is 10.2. The molecule has 0 aliphatic heterocycles. The molecule has 0 amide bonds. The van der Waals surface area contributed by atoms with Gasteiger partial charge in [0.05, 0.1) is 5.02 Å². The maximum absolute atomic E-state index is 12.9. The summed E-state index contributed by atoms with van der Waals surface area (Å²) in [6, 6.07) is 9.53. The van der Waals surface area contributed by atoms with Crippen molar-refractivity contribution < 1.29 is 9.13 Å². The number of halogens is 3. The van der Waals surface area contributed by atoms with Gasteiger partial charge in [-0.2, -0.15) is 0 Å². The molecule has 2 aromatic carbocycles. The van der Waals surface area contributed by atoms with Gasteiger partial charge < -0.3 is 10.5 Å². The molecule has 0 saturated heterocycles. The smallest absolute Gasteiger partial charge is 0.138 e. The molecule has 0 radical (unpaired) electrons. The molecule has 0 heterocycles. The first kappa shape index (κ1) is 13.2. The number of nitrogen functional groups attached to an aromatic ring is 1. The number of anilines is 1. The summed E-state index contributed by atoms with van der Waals surface area (Å²) in [7, 11) is 0. The molecule has 5 heteroatoms. The van der Waals surface area contributed by atoms with Crippen LogP contribution in [0.4, 0.5) is 10.1 Å². The summed E-state index contributed by atoms with van der Waals surface area (Å²) >= 11 is 9.32. The van der Waals surface area contributed by atoms with Crippen molar-refractivity contribution in [2.45, 2.75) is 6.61 Å². The van der Waals surface area contributed by atoms with Crippen molar-refractivity contribution in [1.82, 2.24) is 0 Å². The highest BCUT2D eigenvalue weighted by atomic mass is 79.9. The van der Waals surface area contributed by atoms with Crippen LogP contribution < -0.4 is 10.5 Å². The first-order valence-electron chi connectivity index (χ1n) is 5.18. The third kappa shape index (κ3) is 3.15. The van der Waals surface area contributed by atoms with Gasteiger partial charge in [0.2, 0.25) is 0 Å². The number of hydrogen-bond acceptors (Lipinski definition) is 2. The normalized spacial score (nSPS) is 10.4. The summed E-state index contributed by atoms with van der Waals surface area (Å²) < 4.78 is 19.3. The maximum Gasteiger partial charge on any atom is 0.138 e. The molecular formula is C13H10BrClFNO. The van der Waals surface area contributed by atoms with Gasteiger partial charge in [-0.25, -0.2) is 4.39 Å². The number of benzene rings is 2. The van der Waals surface area contributed by atoms with Crippen molar-refractivity contribution in [3.63, 3.8) is 0 Å². The molecule has 2 rings (SSSR count). The van der Waals surface area contributed by atoms with E-state index >= 15 is 0 Å². The van der Waals surface area contributed by atoms with E-state index in [1.54, 1.807) is 18.2 Å². The molecule has 18 heavy (non-hydrogen) atoms. The minimum absolute atomic E-state index is 0.244. The molecule has 0 aliphatic carbocycles. The van der Waals surface area contributed by atoms with Crippen LogP contribution in [0.25, 0.3) is 0 Å². The summed E-state index contributed by atoms with van der Waals surface area (Å²) in [4.78, 5) is 0. The number of ether oxygens (including phenoxy) is 1. The van der Waals surface area contributed by atoms with Crippen LogP contribution in [-0.2, 0) is 6.61 Å². The average molecular weight is 331 g/mol. The minimum atomic E-state index is -0.363. The highest BCUT2D eigenvalue weighted by molar-refractivity contribution is 9.10. The summed E-state index contributed by atoms with van der Waals surface area (Å²) in [5, 5.41) is 0.505. The Kier molecular flexibility index (Phi) is 4.09. The molecular weight excluding hydrogens is 321 g/mol. The fraction of sp³-hybridized carbons (Fsp3) is 0.0769. The second-order valence-corrected chi connectivity index (χ2v) is 5.03. The van der Waals surface area contributed by atoms with Crippen LogP contribution in [0, 0.1) is 5.82 Å². The van der Waals surface area contributed by atoms with Crippen LogP contribution in [0.3, 0.4) is 0 Å². The maximum atomic E-state index is 12.9. The standard InChI is InChI=1S/C13H10BrClFNO/c14-9-2-4-13(11(15)5-9)18-7-8-1-3-10(16)6-12(8)17/h1-6H,7,17H2. The van der Waals surface area contributed by atoms with Gasteiger partial charge in [0.1, 0.15) is 18.2 Å². The van der Waals surface area contributed by atoms with E-state index in [9.17, 15) is 4.39 Å². The zero-order valence-electron chi connectivity index (χ0n) is 9.29. The fourth-order valence-electron chi connectivity index (χ4n) is 1.45. The van der Waals surface area contributed by atoms with Gasteiger partial charge >= 0.3 is 0 Å². The summed E-state index contributed by atoms with van der Waals surface area (Å²) in [5.74, 6) is 0.196. The topological polar surface area (TPSA) is 35.2 Å². The van der Waals surface area contributed by atoms with Crippen molar-refractivity contribution in [2.75, 3.05) is 5.73 Å². The van der Waals surface area contributed by atoms with Crippen LogP contribution in [-0.4, -0.2) is 0 Å². The first-order valence-corrected chi connectivity index (χ1v) is 6.35. The average Bonchev–Trinajstić information content (AvgIpc) is 2.30. The molecule has 0 saturated carbocycles. The van der Waals surface area contributed by atoms with E-state index < -0.39 is 0 Å². The lowest BCUT2D eigenvalue weighted by Crippen LogP contribution is -2.01. The Balaban J connectivity index is 2.11. The van der Waals surface area contributed by atoms with Gasteiger partial charge in [0.25, 0.3) is 0 Å². The van der Waals surface area contributed by atoms with Crippen molar-refractivity contribution in [1.29, 1.82) is 0 Å². The Bertz CT molecular complexity index is 525. The summed E-state index contributed by atoms with van der Waals surface area (Å²) in [6.07, 6.45) is 0. The SMILES string of the molecule is Nc1cc(F)ccc1COc1ccc(Br)cc1Cl. The minimum Gasteiger partial charge on any atom is -0.487 e. The molecule has 0 bridgehead atoms. The van der Waals surface area contributed by atoms with E-state index in [0.717, 1.165) is 10.0 Å². The van der Waals surface area contributed by atoms with Gasteiger partial charge in [-0.05, 0) is 30.3 Å².